The molecule has 0 radical (unpaired) electrons. The summed E-state index contributed by atoms with van der Waals surface area (Å²) in [5, 5.41) is 2.84. The van der Waals surface area contributed by atoms with E-state index < -0.39 is 5.97 Å². The van der Waals surface area contributed by atoms with Crippen LogP contribution in [0.3, 0.4) is 0 Å². The maximum atomic E-state index is 12.2. The number of amides is 2. The number of carbonyl (C=O) groups is 2. The van der Waals surface area contributed by atoms with Gasteiger partial charge in [-0.3, -0.25) is 0 Å². The minimum atomic E-state index is -0.410. The van der Waals surface area contributed by atoms with Gasteiger partial charge in [0.1, 0.15) is 0 Å². The van der Waals surface area contributed by atoms with Gasteiger partial charge in [0.2, 0.25) is 0 Å². The molecule has 5 nitrogen and oxygen atoms in total. The second-order valence-electron chi connectivity index (χ2n) is 5.04. The Hall–Kier alpha value is -2.04. The fraction of sp³-hybridized carbons (Fsp3) is 0.467. The van der Waals surface area contributed by atoms with Gasteiger partial charge in [0.25, 0.3) is 0 Å². The SMILES string of the molecule is COC(=O)c1cccc(NC(=O)N2CCCCC2C)c1. The molecule has 1 atom stereocenters. The normalized spacial score (nSPS) is 18.5. The Morgan fingerprint density at radius 2 is 2.15 bits per heavy atom. The van der Waals surface area contributed by atoms with Gasteiger partial charge in [-0.2, -0.15) is 0 Å². The molecule has 0 bridgehead atoms. The highest BCUT2D eigenvalue weighted by Crippen LogP contribution is 2.18. The fourth-order valence-corrected chi connectivity index (χ4v) is 2.44. The van der Waals surface area contributed by atoms with E-state index in [4.69, 9.17) is 0 Å². The highest BCUT2D eigenvalue weighted by Gasteiger charge is 2.23. The van der Waals surface area contributed by atoms with Crippen LogP contribution >= 0.6 is 0 Å². The van der Waals surface area contributed by atoms with Crippen molar-refractivity contribution < 1.29 is 14.3 Å². The molecular formula is C15H20N2O3. The van der Waals surface area contributed by atoms with Crippen molar-refractivity contribution in [1.29, 1.82) is 0 Å². The first-order valence-corrected chi connectivity index (χ1v) is 6.88. The molecule has 1 aromatic rings. The number of carbonyl (C=O) groups excluding carboxylic acids is 2. The summed E-state index contributed by atoms with van der Waals surface area (Å²) >= 11 is 0. The van der Waals surface area contributed by atoms with Crippen molar-refractivity contribution in [2.75, 3.05) is 19.0 Å². The maximum Gasteiger partial charge on any atom is 0.337 e. The average molecular weight is 276 g/mol. The number of methoxy groups -OCH3 is 1. The molecule has 5 heteroatoms. The quantitative estimate of drug-likeness (QED) is 0.845. The minimum Gasteiger partial charge on any atom is -0.465 e. The predicted octanol–water partition coefficient (Wildman–Crippen LogP) is 2.88. The number of esters is 1. The Morgan fingerprint density at radius 3 is 2.85 bits per heavy atom. The molecule has 1 N–H and O–H groups in total. The molecule has 20 heavy (non-hydrogen) atoms. The standard InChI is InChI=1S/C15H20N2O3/c1-11-6-3-4-9-17(11)15(19)16-13-8-5-7-12(10-13)14(18)20-2/h5,7-8,10-11H,3-4,6,9H2,1-2H3,(H,16,19). The summed E-state index contributed by atoms with van der Waals surface area (Å²) in [6, 6.07) is 6.91. The highest BCUT2D eigenvalue weighted by atomic mass is 16.5. The number of urea groups is 1. The van der Waals surface area contributed by atoms with Crippen LogP contribution in [0.2, 0.25) is 0 Å². The van der Waals surface area contributed by atoms with Crippen LogP contribution in [0.5, 0.6) is 0 Å². The molecule has 1 heterocycles. The van der Waals surface area contributed by atoms with E-state index in [1.807, 2.05) is 4.90 Å². The largest absolute Gasteiger partial charge is 0.465 e. The van der Waals surface area contributed by atoms with Crippen LogP contribution in [0.15, 0.2) is 24.3 Å². The number of piperidine rings is 1. The monoisotopic (exact) mass is 276 g/mol. The first kappa shape index (κ1) is 14.4. The number of hydrogen-bond donors (Lipinski definition) is 1. The van der Waals surface area contributed by atoms with Crippen molar-refractivity contribution in [2.45, 2.75) is 32.2 Å². The number of rotatable bonds is 2. The summed E-state index contributed by atoms with van der Waals surface area (Å²) in [5.74, 6) is -0.410. The summed E-state index contributed by atoms with van der Waals surface area (Å²) in [5.41, 5.74) is 1.03. The molecule has 2 amide bonds. The molecule has 0 spiro atoms. The van der Waals surface area contributed by atoms with Gasteiger partial charge in [0.15, 0.2) is 0 Å². The first-order chi connectivity index (χ1) is 9.61. The molecule has 1 saturated heterocycles. The Bertz CT molecular complexity index is 502. The lowest BCUT2D eigenvalue weighted by molar-refractivity contribution is 0.0600. The Balaban J connectivity index is 2.05. The smallest absolute Gasteiger partial charge is 0.337 e. The van der Waals surface area contributed by atoms with E-state index in [-0.39, 0.29) is 12.1 Å². The zero-order chi connectivity index (χ0) is 14.5. The molecule has 1 aromatic carbocycles. The van der Waals surface area contributed by atoms with E-state index in [2.05, 4.69) is 17.0 Å². The van der Waals surface area contributed by atoms with E-state index in [9.17, 15) is 9.59 Å². The van der Waals surface area contributed by atoms with Crippen LogP contribution in [0.1, 0.15) is 36.5 Å². The molecule has 1 unspecified atom stereocenters. The van der Waals surface area contributed by atoms with Gasteiger partial charge in [-0.25, -0.2) is 9.59 Å². The summed E-state index contributed by atoms with van der Waals surface area (Å²) in [6.07, 6.45) is 3.25. The zero-order valence-electron chi connectivity index (χ0n) is 11.9. The topological polar surface area (TPSA) is 58.6 Å². The number of anilines is 1. The first-order valence-electron chi connectivity index (χ1n) is 6.88. The van der Waals surface area contributed by atoms with Crippen LogP contribution in [-0.2, 0) is 4.74 Å². The van der Waals surface area contributed by atoms with E-state index in [1.54, 1.807) is 24.3 Å². The molecule has 0 aliphatic carbocycles. The van der Waals surface area contributed by atoms with E-state index >= 15 is 0 Å². The second kappa shape index (κ2) is 6.41. The van der Waals surface area contributed by atoms with Crippen LogP contribution in [0.4, 0.5) is 10.5 Å². The number of hydrogen-bond acceptors (Lipinski definition) is 3. The van der Waals surface area contributed by atoms with Gasteiger partial charge in [0.05, 0.1) is 12.7 Å². The van der Waals surface area contributed by atoms with Crippen molar-refractivity contribution >= 4 is 17.7 Å². The summed E-state index contributed by atoms with van der Waals surface area (Å²) in [4.78, 5) is 25.5. The third-order valence-corrected chi connectivity index (χ3v) is 3.60. The second-order valence-corrected chi connectivity index (χ2v) is 5.04. The Kier molecular flexibility index (Phi) is 4.61. The molecule has 1 aliphatic rings. The fourth-order valence-electron chi connectivity index (χ4n) is 2.44. The minimum absolute atomic E-state index is 0.112. The van der Waals surface area contributed by atoms with Gasteiger partial charge < -0.3 is 15.0 Å². The van der Waals surface area contributed by atoms with Crippen LogP contribution < -0.4 is 5.32 Å². The van der Waals surface area contributed by atoms with Gasteiger partial charge in [-0.1, -0.05) is 6.07 Å². The number of nitrogens with zero attached hydrogens (tertiary/aromatic N) is 1. The zero-order valence-corrected chi connectivity index (χ0v) is 11.9. The summed E-state index contributed by atoms with van der Waals surface area (Å²) in [7, 11) is 1.34. The molecule has 1 fully saturated rings. The number of nitrogens with one attached hydrogen (secondary N) is 1. The predicted molar refractivity (Wildman–Crippen MR) is 76.8 cm³/mol. The van der Waals surface area contributed by atoms with Crippen molar-refractivity contribution in [3.8, 4) is 0 Å². The molecule has 0 aromatic heterocycles. The molecule has 0 saturated carbocycles. The molecular weight excluding hydrogens is 256 g/mol. The van der Waals surface area contributed by atoms with Crippen molar-refractivity contribution in [2.24, 2.45) is 0 Å². The summed E-state index contributed by atoms with van der Waals surface area (Å²) in [6.45, 7) is 2.84. The number of benzene rings is 1. The highest BCUT2D eigenvalue weighted by molar-refractivity contribution is 5.94. The third-order valence-electron chi connectivity index (χ3n) is 3.60. The molecule has 1 aliphatic heterocycles. The van der Waals surface area contributed by atoms with E-state index in [0.717, 1.165) is 19.4 Å². The molecule has 108 valence electrons. The van der Waals surface area contributed by atoms with Crippen molar-refractivity contribution in [1.82, 2.24) is 4.90 Å². The lowest BCUT2D eigenvalue weighted by Gasteiger charge is -2.33. The van der Waals surface area contributed by atoms with Gasteiger partial charge in [-0.15, -0.1) is 0 Å². The van der Waals surface area contributed by atoms with Crippen LogP contribution in [0, 0.1) is 0 Å². The van der Waals surface area contributed by atoms with Crippen LogP contribution in [0.25, 0.3) is 0 Å². The Labute approximate surface area is 118 Å². The van der Waals surface area contributed by atoms with Gasteiger partial charge in [0, 0.05) is 18.3 Å². The van der Waals surface area contributed by atoms with E-state index in [0.29, 0.717) is 11.3 Å². The van der Waals surface area contributed by atoms with E-state index in [1.165, 1.54) is 13.5 Å². The lowest BCUT2D eigenvalue weighted by Crippen LogP contribution is -2.44. The third kappa shape index (κ3) is 3.29. The number of ether oxygens (including phenoxy) is 1. The molecule has 2 rings (SSSR count). The lowest BCUT2D eigenvalue weighted by atomic mass is 10.0. The van der Waals surface area contributed by atoms with Gasteiger partial charge in [-0.05, 0) is 44.4 Å². The average Bonchev–Trinajstić information content (AvgIpc) is 2.47. The van der Waals surface area contributed by atoms with Crippen molar-refractivity contribution in [3.63, 3.8) is 0 Å². The Morgan fingerprint density at radius 1 is 1.35 bits per heavy atom. The summed E-state index contributed by atoms with van der Waals surface area (Å²) < 4.78 is 4.67. The van der Waals surface area contributed by atoms with Crippen LogP contribution in [-0.4, -0.2) is 36.6 Å². The van der Waals surface area contributed by atoms with Gasteiger partial charge >= 0.3 is 12.0 Å². The van der Waals surface area contributed by atoms with Crippen molar-refractivity contribution in [3.05, 3.63) is 29.8 Å². The maximum absolute atomic E-state index is 12.2. The number of likely N-dealkylation sites (tertiary alicyclic amines) is 1.